The van der Waals surface area contributed by atoms with Gasteiger partial charge in [0.1, 0.15) is 5.69 Å². The number of hydrogen-bond donors (Lipinski definition) is 1. The molecule has 6 heteroatoms. The van der Waals surface area contributed by atoms with Crippen LogP contribution < -0.4 is 10.1 Å². The monoisotopic (exact) mass is 321 g/mol. The molecule has 0 aliphatic heterocycles. The number of fused-ring (bicyclic) bond motifs is 1. The molecule has 0 aromatic carbocycles. The fourth-order valence-electron chi connectivity index (χ4n) is 2.58. The molecule has 0 bridgehead atoms. The molecule has 3 rings (SSSR count). The van der Waals surface area contributed by atoms with Gasteiger partial charge in [0.05, 0.1) is 7.11 Å². The topological polar surface area (TPSA) is 38.6 Å². The molecule has 1 N–H and O–H groups in total. The fourth-order valence-corrected chi connectivity index (χ4v) is 4.32. The van der Waals surface area contributed by atoms with Gasteiger partial charge in [-0.3, -0.25) is 4.40 Å². The van der Waals surface area contributed by atoms with Gasteiger partial charge in [-0.2, -0.15) is 4.98 Å². The molecule has 112 valence electrons. The third-order valence-corrected chi connectivity index (χ3v) is 5.38. The summed E-state index contributed by atoms with van der Waals surface area (Å²) in [7, 11) is 1.67. The van der Waals surface area contributed by atoms with Crippen molar-refractivity contribution in [3.8, 4) is 5.88 Å². The first kappa shape index (κ1) is 14.6. The van der Waals surface area contributed by atoms with E-state index in [-0.39, 0.29) is 0 Å². The third-order valence-electron chi connectivity index (χ3n) is 3.64. The largest absolute Gasteiger partial charge is 0.480 e. The first-order chi connectivity index (χ1) is 10.1. The number of thiazole rings is 1. The summed E-state index contributed by atoms with van der Waals surface area (Å²) in [6.07, 6.45) is 2.04. The van der Waals surface area contributed by atoms with E-state index in [0.29, 0.717) is 11.9 Å². The van der Waals surface area contributed by atoms with Crippen molar-refractivity contribution < 1.29 is 4.74 Å². The van der Waals surface area contributed by atoms with Gasteiger partial charge in [0.25, 0.3) is 0 Å². The van der Waals surface area contributed by atoms with Crippen molar-refractivity contribution >= 4 is 27.6 Å². The van der Waals surface area contributed by atoms with E-state index in [0.717, 1.165) is 17.2 Å². The third kappa shape index (κ3) is 2.71. The maximum atomic E-state index is 5.39. The van der Waals surface area contributed by atoms with Crippen molar-refractivity contribution in [3.05, 3.63) is 38.7 Å². The lowest BCUT2D eigenvalue weighted by atomic mass is 10.1. The molecule has 0 spiro atoms. The van der Waals surface area contributed by atoms with Crippen LogP contribution in [-0.4, -0.2) is 16.5 Å². The number of rotatable bonds is 5. The van der Waals surface area contributed by atoms with Gasteiger partial charge < -0.3 is 10.1 Å². The summed E-state index contributed by atoms with van der Waals surface area (Å²) >= 11 is 3.47. The number of methoxy groups -OCH3 is 1. The zero-order valence-corrected chi connectivity index (χ0v) is 14.3. The van der Waals surface area contributed by atoms with Crippen LogP contribution in [0.1, 0.15) is 34.0 Å². The number of ether oxygens (including phenoxy) is 1. The van der Waals surface area contributed by atoms with Gasteiger partial charge in [0.2, 0.25) is 5.88 Å². The SMILES string of the molecule is COc1nc2sccn2c1CNC(C)c1cc(C)sc1C. The Morgan fingerprint density at radius 3 is 2.90 bits per heavy atom. The predicted molar refractivity (Wildman–Crippen MR) is 88.7 cm³/mol. The van der Waals surface area contributed by atoms with Crippen molar-refractivity contribution in [2.45, 2.75) is 33.4 Å². The van der Waals surface area contributed by atoms with Gasteiger partial charge in [-0.25, -0.2) is 0 Å². The fraction of sp³-hybridized carbons (Fsp3) is 0.400. The van der Waals surface area contributed by atoms with E-state index in [4.69, 9.17) is 4.74 Å². The van der Waals surface area contributed by atoms with E-state index in [2.05, 4.69) is 41.5 Å². The van der Waals surface area contributed by atoms with E-state index < -0.39 is 0 Å². The summed E-state index contributed by atoms with van der Waals surface area (Å²) in [6, 6.07) is 2.58. The Hall–Kier alpha value is -1.37. The van der Waals surface area contributed by atoms with Gasteiger partial charge in [0, 0.05) is 33.9 Å². The lowest BCUT2D eigenvalue weighted by Gasteiger charge is -2.14. The smallest absolute Gasteiger partial charge is 0.237 e. The highest BCUT2D eigenvalue weighted by Gasteiger charge is 2.16. The molecule has 0 aliphatic carbocycles. The van der Waals surface area contributed by atoms with E-state index in [1.165, 1.54) is 15.3 Å². The zero-order valence-electron chi connectivity index (χ0n) is 12.6. The van der Waals surface area contributed by atoms with Crippen LogP contribution in [0.3, 0.4) is 0 Å². The second kappa shape index (κ2) is 5.79. The number of nitrogens with one attached hydrogen (secondary N) is 1. The van der Waals surface area contributed by atoms with Crippen LogP contribution in [0.4, 0.5) is 0 Å². The molecule has 21 heavy (non-hydrogen) atoms. The maximum Gasteiger partial charge on any atom is 0.237 e. The first-order valence-electron chi connectivity index (χ1n) is 6.89. The Kier molecular flexibility index (Phi) is 4.01. The second-order valence-electron chi connectivity index (χ2n) is 5.09. The summed E-state index contributed by atoms with van der Waals surface area (Å²) in [6.45, 7) is 7.27. The zero-order chi connectivity index (χ0) is 15.0. The van der Waals surface area contributed by atoms with E-state index in [1.807, 2.05) is 22.9 Å². The van der Waals surface area contributed by atoms with Crippen molar-refractivity contribution in [2.24, 2.45) is 0 Å². The van der Waals surface area contributed by atoms with Gasteiger partial charge in [-0.05, 0) is 32.4 Å². The summed E-state index contributed by atoms with van der Waals surface area (Å²) in [5.74, 6) is 0.708. The highest BCUT2D eigenvalue weighted by atomic mass is 32.1. The number of aromatic nitrogens is 2. The second-order valence-corrected chi connectivity index (χ2v) is 7.43. The molecular formula is C15H19N3OS2. The summed E-state index contributed by atoms with van der Waals surface area (Å²) < 4.78 is 7.48. The molecule has 3 aromatic rings. The standard InChI is InChI=1S/C15H19N3OS2/c1-9-7-12(11(3)21-9)10(2)16-8-13-14(19-4)17-15-18(13)5-6-20-15/h5-7,10,16H,8H2,1-4H3. The molecule has 0 amide bonds. The molecule has 0 saturated heterocycles. The van der Waals surface area contributed by atoms with E-state index in [9.17, 15) is 0 Å². The van der Waals surface area contributed by atoms with Crippen LogP contribution in [0.5, 0.6) is 5.88 Å². The van der Waals surface area contributed by atoms with Crippen LogP contribution in [0.2, 0.25) is 0 Å². The highest BCUT2D eigenvalue weighted by molar-refractivity contribution is 7.15. The van der Waals surface area contributed by atoms with Gasteiger partial charge in [0.15, 0.2) is 4.96 Å². The van der Waals surface area contributed by atoms with Crippen LogP contribution in [0.15, 0.2) is 17.6 Å². The normalized spacial score (nSPS) is 13.0. The molecule has 1 atom stereocenters. The van der Waals surface area contributed by atoms with Crippen molar-refractivity contribution in [1.29, 1.82) is 0 Å². The molecule has 1 unspecified atom stereocenters. The molecule has 0 radical (unpaired) electrons. The highest BCUT2D eigenvalue weighted by Crippen LogP contribution is 2.27. The molecule has 4 nitrogen and oxygen atoms in total. The molecule has 0 fully saturated rings. The van der Waals surface area contributed by atoms with Crippen molar-refractivity contribution in [3.63, 3.8) is 0 Å². The van der Waals surface area contributed by atoms with Gasteiger partial charge >= 0.3 is 0 Å². The van der Waals surface area contributed by atoms with Gasteiger partial charge in [-0.1, -0.05) is 0 Å². The predicted octanol–water partition coefficient (Wildman–Crippen LogP) is 3.93. The summed E-state index contributed by atoms with van der Waals surface area (Å²) in [4.78, 5) is 8.20. The minimum Gasteiger partial charge on any atom is -0.480 e. The van der Waals surface area contributed by atoms with E-state index in [1.54, 1.807) is 18.4 Å². The first-order valence-corrected chi connectivity index (χ1v) is 8.58. The quantitative estimate of drug-likeness (QED) is 0.774. The number of imidazole rings is 1. The minimum absolute atomic E-state index is 0.309. The molecule has 0 saturated carbocycles. The Morgan fingerprint density at radius 2 is 2.24 bits per heavy atom. The van der Waals surface area contributed by atoms with Crippen LogP contribution in [0.25, 0.3) is 4.96 Å². The Morgan fingerprint density at radius 1 is 1.43 bits per heavy atom. The minimum atomic E-state index is 0.309. The molecule has 0 aliphatic rings. The molecular weight excluding hydrogens is 302 g/mol. The number of hydrogen-bond acceptors (Lipinski definition) is 5. The van der Waals surface area contributed by atoms with Crippen LogP contribution >= 0.6 is 22.7 Å². The number of aryl methyl sites for hydroxylation is 2. The lowest BCUT2D eigenvalue weighted by Crippen LogP contribution is -2.19. The number of thiophene rings is 1. The average molecular weight is 321 g/mol. The average Bonchev–Trinajstić information content (AvgIpc) is 3.10. The number of nitrogens with zero attached hydrogens (tertiary/aromatic N) is 2. The van der Waals surface area contributed by atoms with Crippen molar-refractivity contribution in [2.75, 3.05) is 7.11 Å². The van der Waals surface area contributed by atoms with E-state index >= 15 is 0 Å². The summed E-state index contributed by atoms with van der Waals surface area (Å²) in [5.41, 5.74) is 2.45. The molecule has 3 aromatic heterocycles. The summed E-state index contributed by atoms with van der Waals surface area (Å²) in [5, 5.41) is 5.63. The Balaban J connectivity index is 1.79. The maximum absolute atomic E-state index is 5.39. The van der Waals surface area contributed by atoms with Crippen LogP contribution in [0, 0.1) is 13.8 Å². The molecule has 3 heterocycles. The van der Waals surface area contributed by atoms with Crippen molar-refractivity contribution in [1.82, 2.24) is 14.7 Å². The van der Waals surface area contributed by atoms with Gasteiger partial charge in [-0.15, -0.1) is 22.7 Å². The van der Waals surface area contributed by atoms with Crippen LogP contribution in [-0.2, 0) is 6.54 Å². The Labute approximate surface area is 132 Å². The lowest BCUT2D eigenvalue weighted by molar-refractivity contribution is 0.391. The Bertz CT molecular complexity index is 756.